The van der Waals surface area contributed by atoms with Gasteiger partial charge in [0, 0.05) is 26.1 Å². The summed E-state index contributed by atoms with van der Waals surface area (Å²) in [4.78, 5) is 13.2. The summed E-state index contributed by atoms with van der Waals surface area (Å²) in [5.41, 5.74) is 0. The Bertz CT molecular complexity index is 254. The van der Waals surface area contributed by atoms with E-state index in [1.165, 1.54) is 25.9 Å². The number of likely N-dealkylation sites (tertiary alicyclic amines) is 1. The normalized spacial score (nSPS) is 29.9. The summed E-state index contributed by atoms with van der Waals surface area (Å²) in [7, 11) is 0. The van der Waals surface area contributed by atoms with E-state index in [0.29, 0.717) is 13.0 Å². The van der Waals surface area contributed by atoms with Gasteiger partial charge in [-0.1, -0.05) is 0 Å². The van der Waals surface area contributed by atoms with E-state index in [2.05, 4.69) is 10.2 Å². The zero-order valence-electron chi connectivity index (χ0n) is 10.2. The maximum atomic E-state index is 10.7. The lowest BCUT2D eigenvalue weighted by atomic mass is 10.2. The van der Waals surface area contributed by atoms with Crippen molar-refractivity contribution in [1.29, 1.82) is 0 Å². The minimum absolute atomic E-state index is 0.0784. The minimum atomic E-state index is -0.770. The molecule has 17 heavy (non-hydrogen) atoms. The van der Waals surface area contributed by atoms with Gasteiger partial charge < -0.3 is 20.1 Å². The Labute approximate surface area is 102 Å². The first-order valence-corrected chi connectivity index (χ1v) is 6.56. The van der Waals surface area contributed by atoms with Gasteiger partial charge in [0.2, 0.25) is 0 Å². The third-order valence-electron chi connectivity index (χ3n) is 3.56. The van der Waals surface area contributed by atoms with E-state index in [-0.39, 0.29) is 6.10 Å². The number of nitrogens with one attached hydrogen (secondary N) is 1. The van der Waals surface area contributed by atoms with Crippen molar-refractivity contribution < 1.29 is 14.6 Å². The summed E-state index contributed by atoms with van der Waals surface area (Å²) in [5, 5.41) is 11.8. The molecule has 2 rings (SSSR count). The van der Waals surface area contributed by atoms with Crippen molar-refractivity contribution in [2.24, 2.45) is 0 Å². The van der Waals surface area contributed by atoms with Crippen LogP contribution < -0.4 is 5.32 Å². The first-order chi connectivity index (χ1) is 8.25. The van der Waals surface area contributed by atoms with Crippen molar-refractivity contribution in [3.05, 3.63) is 0 Å². The van der Waals surface area contributed by atoms with Gasteiger partial charge in [-0.2, -0.15) is 0 Å². The number of aliphatic carboxylic acids is 1. The van der Waals surface area contributed by atoms with Crippen LogP contribution in [0.15, 0.2) is 0 Å². The van der Waals surface area contributed by atoms with Gasteiger partial charge in [-0.3, -0.25) is 4.79 Å². The van der Waals surface area contributed by atoms with Crippen LogP contribution in [-0.4, -0.2) is 60.9 Å². The quantitative estimate of drug-likeness (QED) is 0.656. The van der Waals surface area contributed by atoms with Gasteiger partial charge >= 0.3 is 5.97 Å². The molecule has 1 unspecified atom stereocenters. The molecule has 0 saturated carbocycles. The summed E-state index contributed by atoms with van der Waals surface area (Å²) in [6.07, 6.45) is 4.38. The number of carboxylic acids is 1. The molecule has 5 nitrogen and oxygen atoms in total. The molecule has 2 aliphatic heterocycles. The highest BCUT2D eigenvalue weighted by atomic mass is 16.5. The average molecular weight is 242 g/mol. The Balaban J connectivity index is 1.52. The maximum Gasteiger partial charge on any atom is 0.320 e. The Morgan fingerprint density at radius 2 is 2.18 bits per heavy atom. The second-order valence-corrected chi connectivity index (χ2v) is 4.93. The van der Waals surface area contributed by atoms with Gasteiger partial charge in [0.15, 0.2) is 0 Å². The van der Waals surface area contributed by atoms with E-state index in [9.17, 15) is 4.79 Å². The molecule has 5 heteroatoms. The second-order valence-electron chi connectivity index (χ2n) is 4.93. The van der Waals surface area contributed by atoms with Crippen LogP contribution >= 0.6 is 0 Å². The molecule has 0 aliphatic carbocycles. The summed E-state index contributed by atoms with van der Waals surface area (Å²) in [5.74, 6) is -0.770. The summed E-state index contributed by atoms with van der Waals surface area (Å²) < 4.78 is 5.69. The smallest absolute Gasteiger partial charge is 0.320 e. The van der Waals surface area contributed by atoms with Crippen LogP contribution in [0.1, 0.15) is 25.7 Å². The monoisotopic (exact) mass is 242 g/mol. The molecule has 0 aromatic rings. The van der Waals surface area contributed by atoms with Crippen molar-refractivity contribution in [3.8, 4) is 0 Å². The van der Waals surface area contributed by atoms with Crippen molar-refractivity contribution in [2.45, 2.75) is 37.8 Å². The summed E-state index contributed by atoms with van der Waals surface area (Å²) >= 11 is 0. The topological polar surface area (TPSA) is 61.8 Å². The molecular formula is C12H22N2O3. The van der Waals surface area contributed by atoms with Gasteiger partial charge in [0.25, 0.3) is 0 Å². The molecule has 0 aromatic carbocycles. The lowest BCUT2D eigenvalue weighted by Gasteiger charge is -2.15. The van der Waals surface area contributed by atoms with E-state index in [1.807, 2.05) is 0 Å². The van der Waals surface area contributed by atoms with Crippen LogP contribution in [0.3, 0.4) is 0 Å². The van der Waals surface area contributed by atoms with Crippen LogP contribution in [-0.2, 0) is 9.53 Å². The number of ether oxygens (including phenoxy) is 1. The highest BCUT2D eigenvalue weighted by molar-refractivity contribution is 5.73. The van der Waals surface area contributed by atoms with Gasteiger partial charge in [0.1, 0.15) is 6.04 Å². The maximum absolute atomic E-state index is 10.7. The minimum Gasteiger partial charge on any atom is -0.480 e. The van der Waals surface area contributed by atoms with Crippen LogP contribution in [0.25, 0.3) is 0 Å². The average Bonchev–Trinajstić information content (AvgIpc) is 2.96. The van der Waals surface area contributed by atoms with Crippen LogP contribution in [0, 0.1) is 0 Å². The Hall–Kier alpha value is -0.650. The van der Waals surface area contributed by atoms with Crippen molar-refractivity contribution in [2.75, 3.05) is 32.8 Å². The molecule has 0 radical (unpaired) electrons. The third kappa shape index (κ3) is 3.94. The molecule has 2 N–H and O–H groups in total. The molecule has 2 fully saturated rings. The zero-order chi connectivity index (χ0) is 12.1. The number of hydrogen-bond acceptors (Lipinski definition) is 4. The largest absolute Gasteiger partial charge is 0.480 e. The van der Waals surface area contributed by atoms with Crippen molar-refractivity contribution in [3.63, 3.8) is 0 Å². The summed E-state index contributed by atoms with van der Waals surface area (Å²) in [6.45, 7) is 4.98. The number of rotatable bonds is 6. The number of carbonyl (C=O) groups is 1. The van der Waals surface area contributed by atoms with E-state index in [1.54, 1.807) is 0 Å². The second kappa shape index (κ2) is 6.33. The van der Waals surface area contributed by atoms with Gasteiger partial charge in [-0.25, -0.2) is 0 Å². The predicted octanol–water partition coefficient (Wildman–Crippen LogP) is 0.304. The van der Waals surface area contributed by atoms with Crippen LogP contribution in [0.5, 0.6) is 0 Å². The van der Waals surface area contributed by atoms with E-state index in [4.69, 9.17) is 9.84 Å². The zero-order valence-corrected chi connectivity index (χ0v) is 10.2. The van der Waals surface area contributed by atoms with E-state index in [0.717, 1.165) is 19.6 Å². The molecule has 98 valence electrons. The molecule has 2 heterocycles. The van der Waals surface area contributed by atoms with Gasteiger partial charge in [-0.15, -0.1) is 0 Å². The molecule has 0 amide bonds. The number of nitrogens with zero attached hydrogens (tertiary/aromatic N) is 1. The SMILES string of the molecule is O=C(O)[C@@H]1CC(OCCCN2CCCC2)CN1. The molecular weight excluding hydrogens is 220 g/mol. The number of carboxylic acid groups (broad SMARTS) is 1. The molecule has 0 bridgehead atoms. The van der Waals surface area contributed by atoms with Crippen molar-refractivity contribution >= 4 is 5.97 Å². The highest BCUT2D eigenvalue weighted by Crippen LogP contribution is 2.12. The molecule has 0 aromatic heterocycles. The lowest BCUT2D eigenvalue weighted by molar-refractivity contribution is -0.139. The fraction of sp³-hybridized carbons (Fsp3) is 0.917. The molecule has 2 aliphatic rings. The predicted molar refractivity (Wildman–Crippen MR) is 64.1 cm³/mol. The van der Waals surface area contributed by atoms with E-state index >= 15 is 0 Å². The Morgan fingerprint density at radius 3 is 2.82 bits per heavy atom. The Kier molecular flexibility index (Phi) is 4.76. The van der Waals surface area contributed by atoms with Crippen molar-refractivity contribution in [1.82, 2.24) is 10.2 Å². The van der Waals surface area contributed by atoms with E-state index < -0.39 is 12.0 Å². The molecule has 2 saturated heterocycles. The van der Waals surface area contributed by atoms with Crippen LogP contribution in [0.2, 0.25) is 0 Å². The third-order valence-corrected chi connectivity index (χ3v) is 3.56. The first-order valence-electron chi connectivity index (χ1n) is 6.56. The van der Waals surface area contributed by atoms with Crippen LogP contribution in [0.4, 0.5) is 0 Å². The fourth-order valence-electron chi connectivity index (χ4n) is 2.56. The Morgan fingerprint density at radius 1 is 1.41 bits per heavy atom. The highest BCUT2D eigenvalue weighted by Gasteiger charge is 2.29. The van der Waals surface area contributed by atoms with Gasteiger partial charge in [-0.05, 0) is 32.4 Å². The molecule has 0 spiro atoms. The first kappa shape index (κ1) is 12.8. The standard InChI is InChI=1S/C12H22N2O3/c15-12(16)11-8-10(9-13-11)17-7-3-6-14-4-1-2-5-14/h10-11,13H,1-9H2,(H,15,16)/t10?,11-/m0/s1. The van der Waals surface area contributed by atoms with Gasteiger partial charge in [0.05, 0.1) is 6.10 Å². The lowest BCUT2D eigenvalue weighted by Crippen LogP contribution is -2.30. The summed E-state index contributed by atoms with van der Waals surface area (Å²) in [6, 6.07) is -0.418. The fourth-order valence-corrected chi connectivity index (χ4v) is 2.56. The number of hydrogen-bond donors (Lipinski definition) is 2. The molecule has 2 atom stereocenters.